The van der Waals surface area contributed by atoms with Gasteiger partial charge in [0.05, 0.1) is 0 Å². The highest BCUT2D eigenvalue weighted by molar-refractivity contribution is 14.0. The van der Waals surface area contributed by atoms with E-state index in [9.17, 15) is 4.79 Å². The van der Waals surface area contributed by atoms with Crippen LogP contribution in [0.15, 0.2) is 22.5 Å². The fourth-order valence-electron chi connectivity index (χ4n) is 2.74. The average molecular weight is 450 g/mol. The van der Waals surface area contributed by atoms with Gasteiger partial charge in [-0.1, -0.05) is 18.9 Å². The van der Waals surface area contributed by atoms with Gasteiger partial charge in [-0.2, -0.15) is 0 Å². The Labute approximate surface area is 159 Å². The Kier molecular flexibility index (Phi) is 10.3. The van der Waals surface area contributed by atoms with E-state index in [1.807, 2.05) is 6.07 Å². The summed E-state index contributed by atoms with van der Waals surface area (Å²) in [5.74, 6) is 1.19. The molecule has 1 fully saturated rings. The maximum atomic E-state index is 11.7. The number of carbonyl (C=O) groups is 1. The first-order chi connectivity index (χ1) is 10.7. The number of carbonyl (C=O) groups excluding carboxylic acids is 1. The summed E-state index contributed by atoms with van der Waals surface area (Å²) >= 11 is 1.73. The van der Waals surface area contributed by atoms with Crippen molar-refractivity contribution in [3.8, 4) is 0 Å². The van der Waals surface area contributed by atoms with E-state index < -0.39 is 0 Å². The summed E-state index contributed by atoms with van der Waals surface area (Å²) in [7, 11) is 0. The van der Waals surface area contributed by atoms with Gasteiger partial charge < -0.3 is 16.4 Å². The Hall–Kier alpha value is -0.830. The van der Waals surface area contributed by atoms with E-state index in [4.69, 9.17) is 5.73 Å². The predicted octanol–water partition coefficient (Wildman–Crippen LogP) is 2.51. The van der Waals surface area contributed by atoms with Crippen molar-refractivity contribution >= 4 is 47.2 Å². The van der Waals surface area contributed by atoms with Crippen molar-refractivity contribution < 1.29 is 4.79 Å². The van der Waals surface area contributed by atoms with Crippen LogP contribution in [0.4, 0.5) is 0 Å². The van der Waals surface area contributed by atoms with Crippen molar-refractivity contribution in [1.82, 2.24) is 10.6 Å². The van der Waals surface area contributed by atoms with E-state index in [1.54, 1.807) is 11.3 Å². The fourth-order valence-corrected chi connectivity index (χ4v) is 3.44. The summed E-state index contributed by atoms with van der Waals surface area (Å²) in [6, 6.07) is 4.14. The Morgan fingerprint density at radius 2 is 2.04 bits per heavy atom. The lowest BCUT2D eigenvalue weighted by Crippen LogP contribution is -2.38. The second kappa shape index (κ2) is 11.7. The average Bonchev–Trinajstić information content (AvgIpc) is 3.17. The van der Waals surface area contributed by atoms with Gasteiger partial charge in [0.1, 0.15) is 0 Å². The van der Waals surface area contributed by atoms with Crippen molar-refractivity contribution in [3.05, 3.63) is 22.4 Å². The number of halogens is 1. The molecule has 1 aliphatic carbocycles. The molecule has 23 heavy (non-hydrogen) atoms. The lowest BCUT2D eigenvalue weighted by Gasteiger charge is -2.10. The maximum absolute atomic E-state index is 11.7. The first-order valence-electron chi connectivity index (χ1n) is 8.07. The monoisotopic (exact) mass is 450 g/mol. The molecule has 0 aliphatic heterocycles. The molecule has 0 spiro atoms. The highest BCUT2D eigenvalue weighted by Crippen LogP contribution is 2.27. The molecule has 0 aromatic carbocycles. The lowest BCUT2D eigenvalue weighted by molar-refractivity contribution is -0.121. The molecule has 1 aliphatic rings. The topological polar surface area (TPSA) is 79.5 Å². The summed E-state index contributed by atoms with van der Waals surface area (Å²) in [6.45, 7) is 1.89. The van der Waals surface area contributed by atoms with Gasteiger partial charge in [0.25, 0.3) is 0 Å². The molecule has 0 radical (unpaired) electrons. The van der Waals surface area contributed by atoms with Gasteiger partial charge in [-0.3, -0.25) is 9.79 Å². The zero-order valence-corrected chi connectivity index (χ0v) is 16.6. The first-order valence-corrected chi connectivity index (χ1v) is 8.95. The van der Waals surface area contributed by atoms with E-state index in [2.05, 4.69) is 27.1 Å². The highest BCUT2D eigenvalue weighted by Gasteiger charge is 2.17. The smallest absolute Gasteiger partial charge is 0.220 e. The number of thiophene rings is 1. The second-order valence-electron chi connectivity index (χ2n) is 5.73. The summed E-state index contributed by atoms with van der Waals surface area (Å²) in [6.07, 6.45) is 6.55. The van der Waals surface area contributed by atoms with Crippen LogP contribution in [0.1, 0.15) is 37.0 Å². The van der Waals surface area contributed by atoms with Crippen LogP contribution in [0.2, 0.25) is 0 Å². The standard InChI is InChI=1S/C16H26N4OS.HI/c17-16(19-8-7-14-6-3-11-22-14)20-10-9-18-15(21)12-13-4-1-2-5-13;/h3,6,11,13H,1-2,4-5,7-10,12H2,(H,18,21)(H3,17,19,20);1H. The number of hydrogen-bond donors (Lipinski definition) is 3. The number of nitrogens with two attached hydrogens (primary N) is 1. The maximum Gasteiger partial charge on any atom is 0.220 e. The molecule has 5 nitrogen and oxygen atoms in total. The Morgan fingerprint density at radius 3 is 2.74 bits per heavy atom. The van der Waals surface area contributed by atoms with Crippen molar-refractivity contribution in [1.29, 1.82) is 0 Å². The number of rotatable bonds is 8. The van der Waals surface area contributed by atoms with Gasteiger partial charge in [-0.05, 0) is 30.2 Å². The molecule has 4 N–H and O–H groups in total. The van der Waals surface area contributed by atoms with E-state index in [0.717, 1.165) is 6.42 Å². The van der Waals surface area contributed by atoms with E-state index >= 15 is 0 Å². The molecule has 0 saturated heterocycles. The zero-order valence-electron chi connectivity index (χ0n) is 13.4. The zero-order chi connectivity index (χ0) is 15.6. The van der Waals surface area contributed by atoms with E-state index in [0.29, 0.717) is 37.9 Å². The van der Waals surface area contributed by atoms with Crippen molar-refractivity contribution in [3.63, 3.8) is 0 Å². The number of nitrogens with zero attached hydrogens (tertiary/aromatic N) is 1. The number of aliphatic imine (C=N–C) groups is 1. The molecule has 130 valence electrons. The third-order valence-corrected chi connectivity index (χ3v) is 4.86. The Bertz CT molecular complexity index is 472. The molecule has 0 unspecified atom stereocenters. The molecule has 1 heterocycles. The van der Waals surface area contributed by atoms with E-state index in [-0.39, 0.29) is 29.9 Å². The molecular weight excluding hydrogens is 423 g/mol. The van der Waals surface area contributed by atoms with Crippen molar-refractivity contribution in [2.24, 2.45) is 16.6 Å². The third kappa shape index (κ3) is 8.55. The summed E-state index contributed by atoms with van der Waals surface area (Å²) in [5, 5.41) is 8.03. The van der Waals surface area contributed by atoms with Gasteiger partial charge in [-0.15, -0.1) is 35.3 Å². The quantitative estimate of drug-likeness (QED) is 0.247. The minimum Gasteiger partial charge on any atom is -0.370 e. The molecule has 1 amide bonds. The minimum absolute atomic E-state index is 0. The molecule has 7 heteroatoms. The Morgan fingerprint density at radius 1 is 1.30 bits per heavy atom. The fraction of sp³-hybridized carbons (Fsp3) is 0.625. The van der Waals surface area contributed by atoms with Crippen LogP contribution >= 0.6 is 35.3 Å². The molecule has 1 saturated carbocycles. The normalized spacial score (nSPS) is 15.2. The van der Waals surface area contributed by atoms with Crippen molar-refractivity contribution in [2.75, 3.05) is 19.6 Å². The first kappa shape index (κ1) is 20.2. The molecule has 1 aromatic rings. The van der Waals surface area contributed by atoms with Crippen LogP contribution in [0.3, 0.4) is 0 Å². The number of nitrogens with one attached hydrogen (secondary N) is 2. The molecule has 0 bridgehead atoms. The molecular formula is C16H27IN4OS. The lowest BCUT2D eigenvalue weighted by atomic mass is 10.0. The van der Waals surface area contributed by atoms with Crippen LogP contribution in [-0.2, 0) is 11.2 Å². The van der Waals surface area contributed by atoms with E-state index in [1.165, 1.54) is 30.6 Å². The highest BCUT2D eigenvalue weighted by atomic mass is 127. The molecule has 1 aromatic heterocycles. The van der Waals surface area contributed by atoms with Gasteiger partial charge in [0.15, 0.2) is 5.96 Å². The molecule has 0 atom stereocenters. The predicted molar refractivity (Wildman–Crippen MR) is 108 cm³/mol. The number of guanidine groups is 1. The Balaban J connectivity index is 0.00000264. The van der Waals surface area contributed by atoms with Crippen LogP contribution < -0.4 is 16.4 Å². The van der Waals surface area contributed by atoms with Crippen LogP contribution in [0.5, 0.6) is 0 Å². The minimum atomic E-state index is 0. The summed E-state index contributed by atoms with van der Waals surface area (Å²) < 4.78 is 0. The van der Waals surface area contributed by atoms with Crippen LogP contribution in [0, 0.1) is 5.92 Å². The van der Waals surface area contributed by atoms with Gasteiger partial charge in [0, 0.05) is 37.4 Å². The SMILES string of the molecule is I.NC(=NCCc1cccs1)NCCNC(=O)CC1CCCC1. The van der Waals surface area contributed by atoms with Gasteiger partial charge in [-0.25, -0.2) is 0 Å². The van der Waals surface area contributed by atoms with Gasteiger partial charge in [0.2, 0.25) is 5.91 Å². The number of hydrogen-bond acceptors (Lipinski definition) is 3. The van der Waals surface area contributed by atoms with Crippen molar-refractivity contribution in [2.45, 2.75) is 38.5 Å². The third-order valence-electron chi connectivity index (χ3n) is 3.92. The van der Waals surface area contributed by atoms with Crippen LogP contribution in [-0.4, -0.2) is 31.5 Å². The van der Waals surface area contributed by atoms with Crippen LogP contribution in [0.25, 0.3) is 0 Å². The largest absolute Gasteiger partial charge is 0.370 e. The number of amides is 1. The summed E-state index contributed by atoms with van der Waals surface area (Å²) in [5.41, 5.74) is 5.79. The van der Waals surface area contributed by atoms with Gasteiger partial charge >= 0.3 is 0 Å². The molecule has 2 rings (SSSR count). The second-order valence-corrected chi connectivity index (χ2v) is 6.76. The summed E-state index contributed by atoms with van der Waals surface area (Å²) in [4.78, 5) is 17.3.